The number of methoxy groups -OCH3 is 2. The second-order valence-corrected chi connectivity index (χ2v) is 15.3. The highest BCUT2D eigenvalue weighted by atomic mass is 16.6. The van der Waals surface area contributed by atoms with E-state index in [1.807, 2.05) is 62.4 Å². The van der Waals surface area contributed by atoms with Gasteiger partial charge in [-0.2, -0.15) is 0 Å². The number of amides is 3. The fourth-order valence-corrected chi connectivity index (χ4v) is 7.38. The maximum Gasteiger partial charge on any atom is 0.407 e. The Morgan fingerprint density at radius 2 is 1.30 bits per heavy atom. The van der Waals surface area contributed by atoms with Crippen molar-refractivity contribution in [3.05, 3.63) is 83.7 Å². The zero-order chi connectivity index (χ0) is 40.9. The molecule has 2 saturated heterocycles. The molecule has 0 radical (unpaired) electrons. The van der Waals surface area contributed by atoms with Gasteiger partial charge in [0.15, 0.2) is 0 Å². The number of imidazole rings is 2. The van der Waals surface area contributed by atoms with Gasteiger partial charge in [-0.15, -0.1) is 0 Å². The van der Waals surface area contributed by atoms with E-state index in [9.17, 15) is 24.6 Å². The number of benzene rings is 2. The number of aliphatic hydroxyl groups excluding tert-OH is 1. The van der Waals surface area contributed by atoms with Crippen LogP contribution in [0.25, 0.3) is 22.5 Å². The number of aromatic amines is 2. The van der Waals surface area contributed by atoms with Crippen LogP contribution in [-0.2, 0) is 19.1 Å². The van der Waals surface area contributed by atoms with Crippen LogP contribution in [0.3, 0.4) is 0 Å². The molecule has 2 aromatic heterocycles. The predicted molar refractivity (Wildman–Crippen MR) is 212 cm³/mol. The molecule has 57 heavy (non-hydrogen) atoms. The molecule has 4 heterocycles. The lowest BCUT2D eigenvalue weighted by molar-refractivity contribution is -0.153. The van der Waals surface area contributed by atoms with Crippen LogP contribution >= 0.6 is 0 Å². The first-order valence-electron chi connectivity index (χ1n) is 19.2. The smallest absolute Gasteiger partial charge is 0.407 e. The van der Waals surface area contributed by atoms with E-state index in [1.54, 1.807) is 22.2 Å². The van der Waals surface area contributed by atoms with Crippen molar-refractivity contribution in [2.24, 2.45) is 5.92 Å². The van der Waals surface area contributed by atoms with Crippen LogP contribution in [0.1, 0.15) is 88.2 Å². The lowest BCUT2D eigenvalue weighted by Gasteiger charge is -2.35. The molecule has 302 valence electrons. The maximum atomic E-state index is 13.6. The first kappa shape index (κ1) is 41.1. The van der Waals surface area contributed by atoms with Gasteiger partial charge in [-0.05, 0) is 80.8 Å². The lowest BCUT2D eigenvalue weighted by Crippen LogP contribution is -2.59. The summed E-state index contributed by atoms with van der Waals surface area (Å²) < 4.78 is 9.62. The molecule has 15 heteroatoms. The van der Waals surface area contributed by atoms with Gasteiger partial charge in [-0.25, -0.2) is 14.8 Å². The van der Waals surface area contributed by atoms with Gasteiger partial charge < -0.3 is 44.8 Å². The van der Waals surface area contributed by atoms with Gasteiger partial charge in [0, 0.05) is 31.3 Å². The number of likely N-dealkylation sites (tertiary alicyclic amines) is 2. The molecule has 3 amide bonds. The van der Waals surface area contributed by atoms with E-state index in [4.69, 9.17) is 9.47 Å². The first-order chi connectivity index (χ1) is 27.3. The summed E-state index contributed by atoms with van der Waals surface area (Å²) in [7, 11) is 2.59. The number of hydrogen-bond acceptors (Lipinski definition) is 10. The molecular weight excluding hydrogens is 729 g/mol. The highest BCUT2D eigenvalue weighted by Crippen LogP contribution is 2.34. The minimum absolute atomic E-state index is 0.111. The van der Waals surface area contributed by atoms with Crippen LogP contribution in [0.4, 0.5) is 4.79 Å². The van der Waals surface area contributed by atoms with Gasteiger partial charge >= 0.3 is 6.09 Å². The number of carbonyl (C=O) groups is 3. The Balaban J connectivity index is 1.08. The average Bonchev–Trinajstić information content (AvgIpc) is 4.04. The minimum Gasteiger partial charge on any atom is -0.453 e. The molecule has 5 atom stereocenters. The molecule has 0 spiro atoms. The van der Waals surface area contributed by atoms with Gasteiger partial charge in [0.25, 0.3) is 0 Å². The molecule has 2 aliphatic heterocycles. The van der Waals surface area contributed by atoms with E-state index in [-0.39, 0.29) is 29.8 Å². The Hall–Kier alpha value is -5.53. The van der Waals surface area contributed by atoms with Crippen molar-refractivity contribution in [1.29, 1.82) is 0 Å². The van der Waals surface area contributed by atoms with Crippen LogP contribution in [-0.4, -0.2) is 109 Å². The SMILES string of the molecule is COC(=O)NC(C(=O)N1CCCC1c1ncc(-c2ccc(C#Cc3ccc(-c4cnc(C5CCCN5C(=O)C(NC(O)OC)C(C)(C)O)[nH]4)cc3)cc2)[nH]1)C(C)C. The maximum absolute atomic E-state index is 13.6. The molecule has 4 aromatic rings. The van der Waals surface area contributed by atoms with E-state index in [0.29, 0.717) is 31.2 Å². The topological polar surface area (TPSA) is 198 Å². The number of alkyl carbamates (subject to hydrolysis) is 1. The Labute approximate surface area is 332 Å². The molecule has 0 saturated carbocycles. The molecule has 15 nitrogen and oxygen atoms in total. The van der Waals surface area contributed by atoms with Crippen LogP contribution in [0.2, 0.25) is 0 Å². The molecule has 2 fully saturated rings. The number of ether oxygens (including phenoxy) is 2. The summed E-state index contributed by atoms with van der Waals surface area (Å²) in [6.45, 7) is 7.89. The van der Waals surface area contributed by atoms with Crippen molar-refractivity contribution in [1.82, 2.24) is 40.4 Å². The van der Waals surface area contributed by atoms with Gasteiger partial charge in [0.2, 0.25) is 18.2 Å². The van der Waals surface area contributed by atoms with Crippen molar-refractivity contribution in [2.75, 3.05) is 27.3 Å². The van der Waals surface area contributed by atoms with Crippen LogP contribution < -0.4 is 10.6 Å². The van der Waals surface area contributed by atoms with Crippen molar-refractivity contribution in [3.8, 4) is 34.4 Å². The third kappa shape index (κ3) is 9.54. The molecule has 0 bridgehead atoms. The second-order valence-electron chi connectivity index (χ2n) is 15.3. The molecule has 2 aromatic carbocycles. The summed E-state index contributed by atoms with van der Waals surface area (Å²) in [6, 6.07) is 13.4. The summed E-state index contributed by atoms with van der Waals surface area (Å²) in [6.07, 6.45) is 4.59. The van der Waals surface area contributed by atoms with E-state index in [2.05, 4.69) is 42.4 Å². The van der Waals surface area contributed by atoms with Gasteiger partial charge in [-0.1, -0.05) is 50.0 Å². The van der Waals surface area contributed by atoms with Crippen molar-refractivity contribution in [3.63, 3.8) is 0 Å². The summed E-state index contributed by atoms with van der Waals surface area (Å²) in [5.74, 6) is 7.21. The first-order valence-corrected chi connectivity index (χ1v) is 19.2. The Morgan fingerprint density at radius 3 is 1.72 bits per heavy atom. The zero-order valence-corrected chi connectivity index (χ0v) is 33.2. The number of hydrogen-bond donors (Lipinski definition) is 6. The number of nitrogens with zero attached hydrogens (tertiary/aromatic N) is 4. The number of carbonyl (C=O) groups excluding carboxylic acids is 3. The second kappa shape index (κ2) is 17.7. The molecule has 6 N–H and O–H groups in total. The van der Waals surface area contributed by atoms with Crippen molar-refractivity contribution >= 4 is 17.9 Å². The number of aliphatic hydroxyl groups is 2. The predicted octanol–water partition coefficient (Wildman–Crippen LogP) is 4.23. The standard InChI is InChI=1S/C42H52N8O7/c1-25(2)34(47-40(53)56-5)38(51)49-21-7-9-32(49)36-43-23-30(45-36)28-17-13-26(14-18-28)11-12-27-15-19-29(20-16-27)31-24-44-37(46-31)33-10-8-22-50(33)39(52)35(42(3,4)55)48-41(54)57-6/h13-20,23-25,32-35,41,48,54-55H,7-10,21-22H2,1-6H3,(H,43,45)(H,44,46)(H,47,53). The summed E-state index contributed by atoms with van der Waals surface area (Å²) >= 11 is 0. The fraction of sp³-hybridized carbons (Fsp3) is 0.452. The number of nitrogens with one attached hydrogen (secondary N) is 4. The highest BCUT2D eigenvalue weighted by molar-refractivity contribution is 5.86. The van der Waals surface area contributed by atoms with E-state index < -0.39 is 30.2 Å². The normalized spacial score (nSPS) is 18.5. The Bertz CT molecular complexity index is 2080. The number of rotatable bonds is 12. The lowest BCUT2D eigenvalue weighted by atomic mass is 9.97. The Morgan fingerprint density at radius 1 is 0.825 bits per heavy atom. The molecule has 6 rings (SSSR count). The number of H-pyrrole nitrogens is 2. The molecule has 5 unspecified atom stereocenters. The number of aromatic nitrogens is 4. The molecule has 2 aliphatic rings. The largest absolute Gasteiger partial charge is 0.453 e. The average molecular weight is 781 g/mol. The van der Waals surface area contributed by atoms with Crippen molar-refractivity contribution in [2.45, 2.75) is 89.6 Å². The quantitative estimate of drug-likeness (QED) is 0.0894. The monoisotopic (exact) mass is 780 g/mol. The molecular formula is C42H52N8O7. The van der Waals surface area contributed by atoms with Crippen LogP contribution in [0.5, 0.6) is 0 Å². The summed E-state index contributed by atoms with van der Waals surface area (Å²) in [5.41, 5.74) is 3.73. The van der Waals surface area contributed by atoms with Crippen molar-refractivity contribution < 1.29 is 34.1 Å². The van der Waals surface area contributed by atoms with Gasteiger partial charge in [0.05, 0.1) is 48.6 Å². The Kier molecular flexibility index (Phi) is 12.8. The zero-order valence-electron chi connectivity index (χ0n) is 33.2. The van der Waals surface area contributed by atoms with E-state index >= 15 is 0 Å². The van der Waals surface area contributed by atoms with Gasteiger partial charge in [-0.3, -0.25) is 14.9 Å². The highest BCUT2D eigenvalue weighted by Gasteiger charge is 2.42. The van der Waals surface area contributed by atoms with Gasteiger partial charge in [0.1, 0.15) is 23.7 Å². The summed E-state index contributed by atoms with van der Waals surface area (Å²) in [5, 5.41) is 26.0. The van der Waals surface area contributed by atoms with E-state index in [1.165, 1.54) is 28.1 Å². The molecule has 0 aliphatic carbocycles. The summed E-state index contributed by atoms with van der Waals surface area (Å²) in [4.78, 5) is 58.5. The minimum atomic E-state index is -1.45. The van der Waals surface area contributed by atoms with Crippen LogP contribution in [0, 0.1) is 17.8 Å². The van der Waals surface area contributed by atoms with Crippen LogP contribution in [0.15, 0.2) is 60.9 Å². The van der Waals surface area contributed by atoms with E-state index in [0.717, 1.165) is 52.9 Å². The third-order valence-electron chi connectivity index (χ3n) is 10.5. The third-order valence-corrected chi connectivity index (χ3v) is 10.5. The fourth-order valence-electron chi connectivity index (χ4n) is 7.38.